The summed E-state index contributed by atoms with van der Waals surface area (Å²) in [5.74, 6) is 0. The molecular formula is C48H32N2S. The van der Waals surface area contributed by atoms with Gasteiger partial charge in [0.05, 0.1) is 28.1 Å². The number of fused-ring (bicyclic) bond motifs is 6. The molecule has 0 atom stereocenters. The first kappa shape index (κ1) is 29.5. The minimum atomic E-state index is 1.13. The molecule has 240 valence electrons. The van der Waals surface area contributed by atoms with Crippen LogP contribution >= 0.6 is 11.3 Å². The van der Waals surface area contributed by atoms with Gasteiger partial charge in [-0.15, -0.1) is 11.3 Å². The first-order valence-corrected chi connectivity index (χ1v) is 18.2. The van der Waals surface area contributed by atoms with Gasteiger partial charge in [0.1, 0.15) is 0 Å². The molecule has 0 saturated carbocycles. The number of benzene rings is 8. The van der Waals surface area contributed by atoms with Gasteiger partial charge in [-0.3, -0.25) is 0 Å². The summed E-state index contributed by atoms with van der Waals surface area (Å²) in [6, 6.07) is 70.4. The molecule has 0 fully saturated rings. The summed E-state index contributed by atoms with van der Waals surface area (Å²) in [7, 11) is 0. The molecule has 2 aromatic heterocycles. The molecule has 10 rings (SSSR count). The van der Waals surface area contributed by atoms with Crippen LogP contribution < -0.4 is 4.90 Å². The third-order valence-electron chi connectivity index (χ3n) is 10.0. The molecule has 8 aromatic carbocycles. The van der Waals surface area contributed by atoms with Crippen molar-refractivity contribution in [2.75, 3.05) is 4.90 Å². The number of thiophene rings is 1. The monoisotopic (exact) mass is 668 g/mol. The van der Waals surface area contributed by atoms with E-state index in [0.717, 1.165) is 22.7 Å². The van der Waals surface area contributed by atoms with Crippen molar-refractivity contribution in [3.8, 4) is 27.9 Å². The Kier molecular flexibility index (Phi) is 7.04. The van der Waals surface area contributed by atoms with Crippen LogP contribution in [0.4, 0.5) is 17.1 Å². The van der Waals surface area contributed by atoms with Crippen molar-refractivity contribution < 1.29 is 0 Å². The summed E-state index contributed by atoms with van der Waals surface area (Å²) in [6.45, 7) is 0. The highest BCUT2D eigenvalue weighted by molar-refractivity contribution is 7.26. The van der Waals surface area contributed by atoms with E-state index in [2.05, 4.69) is 204 Å². The Balaban J connectivity index is 1.32. The summed E-state index contributed by atoms with van der Waals surface area (Å²) < 4.78 is 5.02. The summed E-state index contributed by atoms with van der Waals surface area (Å²) in [4.78, 5) is 2.51. The Bertz CT molecular complexity index is 2860. The summed E-state index contributed by atoms with van der Waals surface area (Å²) in [5.41, 5.74) is 11.7. The van der Waals surface area contributed by atoms with Crippen molar-refractivity contribution in [2.24, 2.45) is 0 Å². The number of hydrogen-bond acceptors (Lipinski definition) is 2. The van der Waals surface area contributed by atoms with E-state index in [-0.39, 0.29) is 0 Å². The van der Waals surface area contributed by atoms with Crippen LogP contribution in [0.2, 0.25) is 0 Å². The third-order valence-corrected chi connectivity index (χ3v) is 11.2. The van der Waals surface area contributed by atoms with Crippen molar-refractivity contribution in [3.05, 3.63) is 194 Å². The minimum Gasteiger partial charge on any atom is -0.309 e. The topological polar surface area (TPSA) is 8.17 Å². The molecule has 0 saturated heterocycles. The molecule has 0 aliphatic carbocycles. The van der Waals surface area contributed by atoms with Gasteiger partial charge in [-0.05, 0) is 54.1 Å². The van der Waals surface area contributed by atoms with Crippen molar-refractivity contribution in [1.29, 1.82) is 0 Å². The van der Waals surface area contributed by atoms with E-state index < -0.39 is 0 Å². The second-order valence-corrected chi connectivity index (χ2v) is 13.9. The van der Waals surface area contributed by atoms with E-state index in [1.807, 2.05) is 11.3 Å². The van der Waals surface area contributed by atoms with Gasteiger partial charge in [-0.2, -0.15) is 0 Å². The maximum atomic E-state index is 2.51. The zero-order chi connectivity index (χ0) is 33.7. The second kappa shape index (κ2) is 12.2. The van der Waals surface area contributed by atoms with Crippen LogP contribution in [0.15, 0.2) is 194 Å². The van der Waals surface area contributed by atoms with E-state index in [1.54, 1.807) is 0 Å². The van der Waals surface area contributed by atoms with E-state index in [0.29, 0.717) is 0 Å². The molecule has 0 aliphatic heterocycles. The Hall–Kier alpha value is -6.42. The molecule has 0 bridgehead atoms. The smallest absolute Gasteiger partial charge is 0.0562 e. The lowest BCUT2D eigenvalue weighted by Crippen LogP contribution is -2.13. The van der Waals surface area contributed by atoms with Crippen molar-refractivity contribution >= 4 is 70.4 Å². The largest absolute Gasteiger partial charge is 0.309 e. The summed E-state index contributed by atoms with van der Waals surface area (Å²) in [6.07, 6.45) is 0. The zero-order valence-electron chi connectivity index (χ0n) is 27.8. The first-order chi connectivity index (χ1) is 25.3. The molecule has 51 heavy (non-hydrogen) atoms. The van der Waals surface area contributed by atoms with Crippen molar-refractivity contribution in [3.63, 3.8) is 0 Å². The van der Waals surface area contributed by atoms with E-state index in [9.17, 15) is 0 Å². The van der Waals surface area contributed by atoms with Crippen LogP contribution in [-0.4, -0.2) is 4.57 Å². The number of nitrogens with zero attached hydrogens (tertiary/aromatic N) is 2. The van der Waals surface area contributed by atoms with Crippen molar-refractivity contribution in [1.82, 2.24) is 4.57 Å². The van der Waals surface area contributed by atoms with Gasteiger partial charge < -0.3 is 9.47 Å². The average molecular weight is 669 g/mol. The number of hydrogen-bond donors (Lipinski definition) is 0. The van der Waals surface area contributed by atoms with Gasteiger partial charge in [0.15, 0.2) is 0 Å². The molecular weight excluding hydrogens is 637 g/mol. The van der Waals surface area contributed by atoms with Crippen LogP contribution in [0.25, 0.3) is 69.9 Å². The zero-order valence-corrected chi connectivity index (χ0v) is 28.6. The van der Waals surface area contributed by atoms with Gasteiger partial charge in [-0.25, -0.2) is 0 Å². The Morgan fingerprint density at radius 3 is 1.75 bits per heavy atom. The quantitative estimate of drug-likeness (QED) is 0.171. The maximum Gasteiger partial charge on any atom is 0.0562 e. The predicted molar refractivity (Wildman–Crippen MR) is 219 cm³/mol. The molecule has 2 nitrogen and oxygen atoms in total. The summed E-state index contributed by atoms with van der Waals surface area (Å²) in [5, 5.41) is 5.04. The molecule has 0 N–H and O–H groups in total. The van der Waals surface area contributed by atoms with Crippen LogP contribution in [0, 0.1) is 0 Å². The van der Waals surface area contributed by atoms with Gasteiger partial charge in [-0.1, -0.05) is 146 Å². The van der Waals surface area contributed by atoms with Crippen molar-refractivity contribution in [2.45, 2.75) is 0 Å². The fourth-order valence-corrected chi connectivity index (χ4v) is 9.05. The molecule has 0 aliphatic rings. The number of para-hydroxylation sites is 4. The number of aromatic nitrogens is 1. The highest BCUT2D eigenvalue weighted by atomic mass is 32.1. The summed E-state index contributed by atoms with van der Waals surface area (Å²) >= 11 is 1.88. The van der Waals surface area contributed by atoms with Gasteiger partial charge in [0, 0.05) is 53.3 Å². The SMILES string of the molecule is c1ccc(-c2ccccc2N(c2ccccc2-c2cccc3c2sc2ccccc23)c2cccc3c2c2ccccc2n3-c2ccccc2)cc1. The fraction of sp³-hybridized carbons (Fsp3) is 0. The highest BCUT2D eigenvalue weighted by Gasteiger charge is 2.25. The van der Waals surface area contributed by atoms with Gasteiger partial charge >= 0.3 is 0 Å². The maximum absolute atomic E-state index is 2.51. The lowest BCUT2D eigenvalue weighted by atomic mass is 9.97. The highest BCUT2D eigenvalue weighted by Crippen LogP contribution is 2.50. The average Bonchev–Trinajstić information content (AvgIpc) is 3.76. The third kappa shape index (κ3) is 4.78. The Labute approximate surface area is 300 Å². The van der Waals surface area contributed by atoms with Crippen LogP contribution in [0.1, 0.15) is 0 Å². The normalized spacial score (nSPS) is 11.5. The standard InChI is InChI=1S/C48H32N2S/c1-3-17-33(18-4-1)35-21-7-11-27-41(35)50(42-28-12-8-22-36(42)38-25-15-26-39-37-23-10-14-32-46(37)51-48(38)39)45-31-16-30-44-47(45)40-24-9-13-29-43(40)49(44)34-19-5-2-6-20-34/h1-32H. The Morgan fingerprint density at radius 1 is 0.373 bits per heavy atom. The lowest BCUT2D eigenvalue weighted by Gasteiger charge is -2.30. The molecule has 10 aromatic rings. The molecule has 0 amide bonds. The second-order valence-electron chi connectivity index (χ2n) is 12.9. The lowest BCUT2D eigenvalue weighted by molar-refractivity contribution is 1.18. The number of rotatable bonds is 6. The predicted octanol–water partition coefficient (Wildman–Crippen LogP) is 14.0. The van der Waals surface area contributed by atoms with E-state index >= 15 is 0 Å². The molecule has 0 spiro atoms. The van der Waals surface area contributed by atoms with Crippen LogP contribution in [0.3, 0.4) is 0 Å². The molecule has 2 heterocycles. The Morgan fingerprint density at radius 2 is 0.922 bits per heavy atom. The molecule has 3 heteroatoms. The van der Waals surface area contributed by atoms with E-state index in [4.69, 9.17) is 0 Å². The first-order valence-electron chi connectivity index (χ1n) is 17.4. The fourth-order valence-electron chi connectivity index (χ4n) is 7.82. The van der Waals surface area contributed by atoms with Gasteiger partial charge in [0.2, 0.25) is 0 Å². The molecule has 0 radical (unpaired) electrons. The van der Waals surface area contributed by atoms with Crippen LogP contribution in [0.5, 0.6) is 0 Å². The van der Waals surface area contributed by atoms with Gasteiger partial charge in [0.25, 0.3) is 0 Å². The number of anilines is 3. The van der Waals surface area contributed by atoms with E-state index in [1.165, 1.54) is 64.2 Å². The minimum absolute atomic E-state index is 1.13. The molecule has 0 unspecified atom stereocenters. The van der Waals surface area contributed by atoms with Crippen LogP contribution in [-0.2, 0) is 0 Å².